The van der Waals surface area contributed by atoms with Crippen LogP contribution in [0.4, 0.5) is 0 Å². The quantitative estimate of drug-likeness (QED) is 0.650. The van der Waals surface area contributed by atoms with Gasteiger partial charge in [-0.05, 0) is 19.8 Å². The summed E-state index contributed by atoms with van der Waals surface area (Å²) in [7, 11) is 0. The molecule has 0 saturated heterocycles. The highest BCUT2D eigenvalue weighted by atomic mass is 32.1. The van der Waals surface area contributed by atoms with E-state index in [-0.39, 0.29) is 5.54 Å². The maximum atomic E-state index is 11.9. The van der Waals surface area contributed by atoms with E-state index >= 15 is 0 Å². The lowest BCUT2D eigenvalue weighted by Crippen LogP contribution is -2.43. The van der Waals surface area contributed by atoms with Crippen LogP contribution >= 0.6 is 23.6 Å². The summed E-state index contributed by atoms with van der Waals surface area (Å²) in [4.78, 5) is 12.6. The first-order valence-electron chi connectivity index (χ1n) is 8.03. The van der Waals surface area contributed by atoms with Gasteiger partial charge in [0.25, 0.3) is 0 Å². The van der Waals surface area contributed by atoms with E-state index in [2.05, 4.69) is 15.5 Å². The molecule has 0 atom stereocenters. The fourth-order valence-corrected chi connectivity index (χ4v) is 4.21. The van der Waals surface area contributed by atoms with Crippen molar-refractivity contribution in [2.75, 3.05) is 6.61 Å². The minimum atomic E-state index is -0.417. The van der Waals surface area contributed by atoms with Crippen molar-refractivity contribution in [3.63, 3.8) is 0 Å². The number of benzene rings is 1. The average molecular weight is 361 g/mol. The van der Waals surface area contributed by atoms with Crippen molar-refractivity contribution < 1.29 is 9.53 Å². The molecule has 1 aromatic heterocycles. The van der Waals surface area contributed by atoms with Crippen LogP contribution in [0.25, 0.3) is 0 Å². The molecule has 0 spiro atoms. The topological polar surface area (TPSA) is 64.1 Å². The van der Waals surface area contributed by atoms with E-state index in [0.29, 0.717) is 16.6 Å². The number of thiocarbonyl (C=S) groups is 1. The van der Waals surface area contributed by atoms with E-state index in [9.17, 15) is 4.79 Å². The highest BCUT2D eigenvalue weighted by Gasteiger charge is 2.40. The van der Waals surface area contributed by atoms with E-state index in [0.717, 1.165) is 36.3 Å². The van der Waals surface area contributed by atoms with Crippen molar-refractivity contribution in [2.45, 2.75) is 38.1 Å². The van der Waals surface area contributed by atoms with Gasteiger partial charge in [-0.25, -0.2) is 4.79 Å². The fraction of sp³-hybridized carbons (Fsp3) is 0.412. The third kappa shape index (κ3) is 3.47. The standard InChI is InChI=1S/C17H19N3O2S2/c1-2-22-15(21)14-19-20-16(24-14)17(10-6-7-11-17)18-13(23)12-8-4-3-5-9-12/h3-5,8-9H,2,6-7,10-11H2,1H3,(H,18,23). The first-order chi connectivity index (χ1) is 11.6. The van der Waals surface area contributed by atoms with Gasteiger partial charge in [0.05, 0.1) is 12.1 Å². The third-order valence-electron chi connectivity index (χ3n) is 4.13. The van der Waals surface area contributed by atoms with Gasteiger partial charge < -0.3 is 10.1 Å². The second-order valence-electron chi connectivity index (χ2n) is 5.74. The van der Waals surface area contributed by atoms with Crippen LogP contribution < -0.4 is 5.32 Å². The van der Waals surface area contributed by atoms with E-state index in [1.807, 2.05) is 30.3 Å². The van der Waals surface area contributed by atoms with Crippen LogP contribution in [0.1, 0.15) is 53.0 Å². The Morgan fingerprint density at radius 3 is 2.67 bits per heavy atom. The fourth-order valence-electron chi connectivity index (χ4n) is 2.94. The maximum Gasteiger partial charge on any atom is 0.369 e. The van der Waals surface area contributed by atoms with Crippen molar-refractivity contribution in [3.8, 4) is 0 Å². The van der Waals surface area contributed by atoms with E-state index in [1.165, 1.54) is 11.3 Å². The molecule has 3 rings (SSSR count). The Kier molecular flexibility index (Phi) is 5.20. The lowest BCUT2D eigenvalue weighted by molar-refractivity contribution is 0.0525. The number of hydrogen-bond acceptors (Lipinski definition) is 6. The van der Waals surface area contributed by atoms with E-state index < -0.39 is 5.97 Å². The van der Waals surface area contributed by atoms with Gasteiger partial charge in [0.1, 0.15) is 10.00 Å². The van der Waals surface area contributed by atoms with Crippen LogP contribution in [-0.2, 0) is 10.3 Å². The average Bonchev–Trinajstić information content (AvgIpc) is 3.26. The molecule has 5 nitrogen and oxygen atoms in total. The van der Waals surface area contributed by atoms with E-state index in [4.69, 9.17) is 17.0 Å². The molecule has 0 radical (unpaired) electrons. The molecule has 1 saturated carbocycles. The Hall–Kier alpha value is -1.86. The van der Waals surface area contributed by atoms with Gasteiger partial charge in [0.15, 0.2) is 0 Å². The van der Waals surface area contributed by atoms with Crippen LogP contribution in [-0.4, -0.2) is 27.8 Å². The lowest BCUT2D eigenvalue weighted by Gasteiger charge is -2.29. The summed E-state index contributed by atoms with van der Waals surface area (Å²) < 4.78 is 5.01. The van der Waals surface area contributed by atoms with Crippen molar-refractivity contribution in [1.29, 1.82) is 0 Å². The number of carbonyl (C=O) groups excluding carboxylic acids is 1. The van der Waals surface area contributed by atoms with Gasteiger partial charge in [0, 0.05) is 5.56 Å². The molecule has 0 aliphatic heterocycles. The summed E-state index contributed by atoms with van der Waals surface area (Å²) >= 11 is 6.88. The van der Waals surface area contributed by atoms with Crippen LogP contribution in [0.5, 0.6) is 0 Å². The molecular formula is C17H19N3O2S2. The Morgan fingerprint density at radius 2 is 2.00 bits per heavy atom. The third-order valence-corrected chi connectivity index (χ3v) is 5.58. The van der Waals surface area contributed by atoms with Crippen molar-refractivity contribution in [2.24, 2.45) is 0 Å². The first-order valence-corrected chi connectivity index (χ1v) is 9.26. The van der Waals surface area contributed by atoms with Crippen molar-refractivity contribution >= 4 is 34.5 Å². The Bertz CT molecular complexity index is 724. The minimum absolute atomic E-state index is 0.297. The maximum absolute atomic E-state index is 11.9. The normalized spacial score (nSPS) is 15.9. The number of nitrogens with zero attached hydrogens (tertiary/aromatic N) is 2. The molecule has 1 aromatic carbocycles. The molecule has 7 heteroatoms. The van der Waals surface area contributed by atoms with Crippen LogP contribution in [0, 0.1) is 0 Å². The zero-order valence-electron chi connectivity index (χ0n) is 13.4. The van der Waals surface area contributed by atoms with Crippen molar-refractivity contribution in [1.82, 2.24) is 15.5 Å². The zero-order chi connectivity index (χ0) is 17.0. The zero-order valence-corrected chi connectivity index (χ0v) is 15.1. The van der Waals surface area contributed by atoms with E-state index in [1.54, 1.807) is 6.92 Å². The molecule has 1 fully saturated rings. The molecule has 0 bridgehead atoms. The SMILES string of the molecule is CCOC(=O)c1nnc(C2(NC(=S)c3ccccc3)CCCC2)s1. The van der Waals surface area contributed by atoms with Gasteiger partial charge in [-0.3, -0.25) is 0 Å². The minimum Gasteiger partial charge on any atom is -0.461 e. The number of aromatic nitrogens is 2. The monoisotopic (exact) mass is 361 g/mol. The summed E-state index contributed by atoms with van der Waals surface area (Å²) in [6, 6.07) is 9.88. The smallest absolute Gasteiger partial charge is 0.369 e. The highest BCUT2D eigenvalue weighted by Crippen LogP contribution is 2.40. The molecule has 1 heterocycles. The Morgan fingerprint density at radius 1 is 1.29 bits per heavy atom. The first kappa shape index (κ1) is 17.0. The Balaban J connectivity index is 1.84. The van der Waals surface area contributed by atoms with Crippen LogP contribution in [0.2, 0.25) is 0 Å². The number of ether oxygens (including phenoxy) is 1. The van der Waals surface area contributed by atoms with Crippen LogP contribution in [0.15, 0.2) is 30.3 Å². The largest absolute Gasteiger partial charge is 0.461 e. The summed E-state index contributed by atoms with van der Waals surface area (Å²) in [6.07, 6.45) is 4.05. The second-order valence-corrected chi connectivity index (χ2v) is 7.13. The number of esters is 1. The van der Waals surface area contributed by atoms with Gasteiger partial charge in [0.2, 0.25) is 5.01 Å². The molecule has 0 amide bonds. The predicted octanol–water partition coefficient (Wildman–Crippen LogP) is 3.45. The number of rotatable bonds is 5. The highest BCUT2D eigenvalue weighted by molar-refractivity contribution is 7.80. The van der Waals surface area contributed by atoms with Gasteiger partial charge in [-0.1, -0.05) is 66.7 Å². The molecule has 1 aliphatic rings. The number of nitrogens with one attached hydrogen (secondary N) is 1. The molecule has 1 aliphatic carbocycles. The second kappa shape index (κ2) is 7.36. The summed E-state index contributed by atoms with van der Waals surface area (Å²) in [5, 5.41) is 12.9. The Labute approximate surface area is 150 Å². The molecule has 24 heavy (non-hydrogen) atoms. The van der Waals surface area contributed by atoms with Gasteiger partial charge >= 0.3 is 5.97 Å². The summed E-state index contributed by atoms with van der Waals surface area (Å²) in [5.74, 6) is -0.417. The molecule has 1 N–H and O–H groups in total. The van der Waals surface area contributed by atoms with Gasteiger partial charge in [-0.2, -0.15) is 0 Å². The lowest BCUT2D eigenvalue weighted by atomic mass is 9.98. The molecule has 2 aromatic rings. The molecule has 0 unspecified atom stereocenters. The summed E-state index contributed by atoms with van der Waals surface area (Å²) in [5.41, 5.74) is 0.643. The summed E-state index contributed by atoms with van der Waals surface area (Å²) in [6.45, 7) is 2.10. The van der Waals surface area contributed by atoms with Gasteiger partial charge in [-0.15, -0.1) is 10.2 Å². The van der Waals surface area contributed by atoms with Crippen LogP contribution in [0.3, 0.4) is 0 Å². The molecule has 126 valence electrons. The number of carbonyl (C=O) groups is 1. The van der Waals surface area contributed by atoms with Crippen molar-refractivity contribution in [3.05, 3.63) is 45.9 Å². The number of hydrogen-bond donors (Lipinski definition) is 1. The predicted molar refractivity (Wildman–Crippen MR) is 97.3 cm³/mol. The molecular weight excluding hydrogens is 342 g/mol.